The Hall–Kier alpha value is -0.0500. The molecule has 0 saturated heterocycles. The summed E-state index contributed by atoms with van der Waals surface area (Å²) in [7, 11) is 0. The van der Waals surface area contributed by atoms with Crippen LogP contribution in [0.15, 0.2) is 0 Å². The molecular weight excluding hydrogens is 196 g/mol. The van der Waals surface area contributed by atoms with Gasteiger partial charge in [0.15, 0.2) is 0 Å². The van der Waals surface area contributed by atoms with E-state index >= 15 is 0 Å². The Kier molecular flexibility index (Phi) is 14.8. The van der Waals surface area contributed by atoms with Crippen molar-refractivity contribution in [1.82, 2.24) is 0 Å². The van der Waals surface area contributed by atoms with Gasteiger partial charge in [0.1, 0.15) is 0 Å². The molecule has 0 aromatic carbocycles. The second-order valence-electron chi connectivity index (χ2n) is 1.85. The number of halogens is 1. The molecule has 3 heteroatoms. The average Bonchev–Trinajstić information content (AvgIpc) is 1.92. The van der Waals surface area contributed by atoms with Crippen LogP contribution in [0.1, 0.15) is 32.6 Å². The number of hydrogen-bond acceptors (Lipinski definition) is 1. The number of alkyl halides is 1. The summed E-state index contributed by atoms with van der Waals surface area (Å²) in [6.07, 6.45) is 3.28. The summed E-state index contributed by atoms with van der Waals surface area (Å²) in [4.78, 5) is 9.87. The van der Waals surface area contributed by atoms with E-state index < -0.39 is 5.97 Å². The number of aliphatic carboxylic acids is 1. The predicted molar refractivity (Wildman–Crippen MR) is 46.6 cm³/mol. The van der Waals surface area contributed by atoms with Crippen molar-refractivity contribution in [1.29, 1.82) is 0 Å². The highest BCUT2D eigenvalue weighted by molar-refractivity contribution is 9.08. The van der Waals surface area contributed by atoms with Crippen molar-refractivity contribution in [3.05, 3.63) is 0 Å². The number of carboxylic acid groups (broad SMARTS) is 1. The summed E-state index contributed by atoms with van der Waals surface area (Å²) in [5, 5.41) is 8.14. The predicted octanol–water partition coefficient (Wildman–Crippen LogP) is 2.66. The molecule has 0 saturated carbocycles. The van der Waals surface area contributed by atoms with Crippen molar-refractivity contribution in [3.8, 4) is 0 Å². The van der Waals surface area contributed by atoms with Gasteiger partial charge < -0.3 is 5.11 Å². The Morgan fingerprint density at radius 3 is 2.20 bits per heavy atom. The molecular formula is C7H15BrO2. The Bertz CT molecular complexity index is 74.0. The Balaban J connectivity index is 0. The minimum absolute atomic E-state index is 0.327. The van der Waals surface area contributed by atoms with Crippen molar-refractivity contribution in [2.45, 2.75) is 32.6 Å². The van der Waals surface area contributed by atoms with E-state index in [0.29, 0.717) is 6.42 Å². The van der Waals surface area contributed by atoms with E-state index in [1.807, 2.05) is 5.83 Å². The van der Waals surface area contributed by atoms with Crippen LogP contribution in [-0.4, -0.2) is 16.9 Å². The lowest BCUT2D eigenvalue weighted by atomic mass is 10.2. The smallest absolute Gasteiger partial charge is 0.303 e. The molecule has 0 unspecified atom stereocenters. The molecule has 1 N–H and O–H groups in total. The van der Waals surface area contributed by atoms with E-state index in [1.54, 1.807) is 0 Å². The van der Waals surface area contributed by atoms with E-state index in [0.717, 1.165) is 19.3 Å². The second-order valence-corrected chi connectivity index (χ2v) is 1.85. The maximum absolute atomic E-state index is 9.87. The molecule has 0 heterocycles. The molecule has 0 bridgehead atoms. The van der Waals surface area contributed by atoms with Gasteiger partial charge in [0, 0.05) is 6.42 Å². The van der Waals surface area contributed by atoms with Crippen LogP contribution in [0.4, 0.5) is 0 Å². The van der Waals surface area contributed by atoms with Crippen LogP contribution in [-0.2, 0) is 4.79 Å². The van der Waals surface area contributed by atoms with E-state index in [9.17, 15) is 4.79 Å². The summed E-state index contributed by atoms with van der Waals surface area (Å²) in [6.45, 7) is 2.06. The van der Waals surface area contributed by atoms with Gasteiger partial charge in [-0.25, -0.2) is 0 Å². The number of hydrogen-bond donors (Lipinski definition) is 1. The summed E-state index contributed by atoms with van der Waals surface area (Å²) in [6, 6.07) is 0. The number of carbonyl (C=O) groups is 1. The van der Waals surface area contributed by atoms with Crippen LogP contribution in [0.2, 0.25) is 0 Å². The van der Waals surface area contributed by atoms with Gasteiger partial charge in [-0.2, -0.15) is 0 Å². The monoisotopic (exact) mass is 210 g/mol. The molecule has 0 aliphatic rings. The van der Waals surface area contributed by atoms with E-state index in [2.05, 4.69) is 22.9 Å². The van der Waals surface area contributed by atoms with Gasteiger partial charge in [-0.15, -0.1) is 0 Å². The van der Waals surface area contributed by atoms with Crippen LogP contribution in [0, 0.1) is 0 Å². The zero-order valence-corrected chi connectivity index (χ0v) is 8.15. The van der Waals surface area contributed by atoms with Gasteiger partial charge >= 0.3 is 5.97 Å². The second kappa shape index (κ2) is 11.7. The fourth-order valence-electron chi connectivity index (χ4n) is 0.526. The Labute approximate surface area is 70.8 Å². The lowest BCUT2D eigenvalue weighted by molar-refractivity contribution is -0.137. The summed E-state index contributed by atoms with van der Waals surface area (Å²) in [5.41, 5.74) is 0. The van der Waals surface area contributed by atoms with Gasteiger partial charge in [-0.1, -0.05) is 35.7 Å². The van der Waals surface area contributed by atoms with E-state index in [4.69, 9.17) is 5.11 Å². The van der Waals surface area contributed by atoms with Crippen molar-refractivity contribution < 1.29 is 9.90 Å². The van der Waals surface area contributed by atoms with Crippen LogP contribution in [0.3, 0.4) is 0 Å². The molecule has 2 nitrogen and oxygen atoms in total. The molecule has 0 amide bonds. The third kappa shape index (κ3) is 15.7. The molecule has 62 valence electrons. The van der Waals surface area contributed by atoms with Gasteiger partial charge in [0.05, 0.1) is 0 Å². The molecule has 0 atom stereocenters. The lowest BCUT2D eigenvalue weighted by Crippen LogP contribution is -1.92. The van der Waals surface area contributed by atoms with Crippen molar-refractivity contribution in [2.24, 2.45) is 0 Å². The number of unbranched alkanes of at least 4 members (excludes halogenated alkanes) is 2. The van der Waals surface area contributed by atoms with Gasteiger partial charge in [0.2, 0.25) is 0 Å². The lowest BCUT2D eigenvalue weighted by Gasteiger charge is -1.89. The van der Waals surface area contributed by atoms with Crippen LogP contribution < -0.4 is 0 Å². The highest BCUT2D eigenvalue weighted by Crippen LogP contribution is 1.97. The molecule has 0 radical (unpaired) electrons. The SMILES string of the molecule is CBr.CCCCCC(=O)O. The maximum Gasteiger partial charge on any atom is 0.303 e. The van der Waals surface area contributed by atoms with E-state index in [1.165, 1.54) is 0 Å². The van der Waals surface area contributed by atoms with Gasteiger partial charge in [-0.3, -0.25) is 4.79 Å². The molecule has 0 aromatic rings. The minimum atomic E-state index is -0.682. The largest absolute Gasteiger partial charge is 0.481 e. The fourth-order valence-corrected chi connectivity index (χ4v) is 0.526. The summed E-state index contributed by atoms with van der Waals surface area (Å²) in [5.74, 6) is 1.13. The normalized spacial score (nSPS) is 7.90. The summed E-state index contributed by atoms with van der Waals surface area (Å²) < 4.78 is 0. The minimum Gasteiger partial charge on any atom is -0.481 e. The first-order valence-electron chi connectivity index (χ1n) is 3.37. The molecule has 0 aromatic heterocycles. The quantitative estimate of drug-likeness (QED) is 0.573. The fraction of sp³-hybridized carbons (Fsp3) is 0.857. The average molecular weight is 211 g/mol. The van der Waals surface area contributed by atoms with Crippen LogP contribution >= 0.6 is 15.9 Å². The highest BCUT2D eigenvalue weighted by Gasteiger charge is 1.92. The van der Waals surface area contributed by atoms with Gasteiger partial charge in [-0.05, 0) is 12.3 Å². The Morgan fingerprint density at radius 2 is 1.90 bits per heavy atom. The number of carboxylic acids is 1. The van der Waals surface area contributed by atoms with Crippen LogP contribution in [0.25, 0.3) is 0 Å². The molecule has 0 spiro atoms. The van der Waals surface area contributed by atoms with Crippen molar-refractivity contribution >= 4 is 21.9 Å². The standard InChI is InChI=1S/C6H12O2.CH3Br/c1-2-3-4-5-6(7)8;1-2/h2-5H2,1H3,(H,7,8);1H3. The molecule has 0 rings (SSSR count). The molecule has 0 aliphatic heterocycles. The molecule has 10 heavy (non-hydrogen) atoms. The van der Waals surface area contributed by atoms with Crippen molar-refractivity contribution in [2.75, 3.05) is 5.83 Å². The first kappa shape index (κ1) is 12.6. The molecule has 0 fully saturated rings. The topological polar surface area (TPSA) is 37.3 Å². The zero-order valence-electron chi connectivity index (χ0n) is 6.56. The van der Waals surface area contributed by atoms with E-state index in [-0.39, 0.29) is 0 Å². The first-order valence-corrected chi connectivity index (χ1v) is 4.95. The Morgan fingerprint density at radius 1 is 1.40 bits per heavy atom. The number of rotatable bonds is 4. The van der Waals surface area contributed by atoms with Crippen molar-refractivity contribution in [3.63, 3.8) is 0 Å². The zero-order chi connectivity index (χ0) is 8.41. The molecule has 0 aliphatic carbocycles. The third-order valence-electron chi connectivity index (χ3n) is 0.994. The first-order chi connectivity index (χ1) is 4.77. The van der Waals surface area contributed by atoms with Crippen LogP contribution in [0.5, 0.6) is 0 Å². The summed E-state index contributed by atoms with van der Waals surface area (Å²) >= 11 is 2.94. The van der Waals surface area contributed by atoms with Gasteiger partial charge in [0.25, 0.3) is 0 Å². The highest BCUT2D eigenvalue weighted by atomic mass is 79.9. The third-order valence-corrected chi connectivity index (χ3v) is 0.994. The maximum atomic E-state index is 9.87.